The molecular formula is C22H22Cl2N2O5. The molecule has 0 radical (unpaired) electrons. The van der Waals surface area contributed by atoms with Gasteiger partial charge in [0.05, 0.1) is 29.3 Å². The summed E-state index contributed by atoms with van der Waals surface area (Å²) in [6.07, 6.45) is 0. The highest BCUT2D eigenvalue weighted by atomic mass is 35.5. The van der Waals surface area contributed by atoms with Crippen LogP contribution in [0.2, 0.25) is 10.0 Å². The van der Waals surface area contributed by atoms with Gasteiger partial charge >= 0.3 is 0 Å². The minimum atomic E-state index is -0.908. The summed E-state index contributed by atoms with van der Waals surface area (Å²) in [5, 5.41) is 21.5. The molecular weight excluding hydrogens is 443 g/mol. The molecule has 7 nitrogen and oxygen atoms in total. The van der Waals surface area contributed by atoms with Crippen LogP contribution in [0.4, 0.5) is 0 Å². The molecule has 1 amide bonds. The van der Waals surface area contributed by atoms with Gasteiger partial charge in [0.2, 0.25) is 0 Å². The Morgan fingerprint density at radius 2 is 1.90 bits per heavy atom. The molecule has 164 valence electrons. The summed E-state index contributed by atoms with van der Waals surface area (Å²) in [6, 6.07) is 8.16. The molecule has 9 heteroatoms. The SMILES string of the molecule is COc1c(Cl)cc(Cl)cc1/C(O)=C1\C(=O)C(=O)N(CCN(C)C)C1c1cccc(O)c1. The zero-order chi connectivity index (χ0) is 22.9. The first-order valence-corrected chi connectivity index (χ1v) is 10.2. The largest absolute Gasteiger partial charge is 0.508 e. The highest BCUT2D eigenvalue weighted by Crippen LogP contribution is 2.43. The molecule has 1 saturated heterocycles. The summed E-state index contributed by atoms with van der Waals surface area (Å²) < 4.78 is 5.30. The number of ketones is 1. The number of phenolic OH excluding ortho intramolecular Hbond substituents is 1. The Morgan fingerprint density at radius 1 is 1.19 bits per heavy atom. The van der Waals surface area contributed by atoms with E-state index in [1.54, 1.807) is 12.1 Å². The number of likely N-dealkylation sites (N-methyl/N-ethyl adjacent to an activating group) is 1. The zero-order valence-corrected chi connectivity index (χ0v) is 18.7. The van der Waals surface area contributed by atoms with E-state index in [1.807, 2.05) is 19.0 Å². The van der Waals surface area contributed by atoms with E-state index >= 15 is 0 Å². The number of hydrogen-bond donors (Lipinski definition) is 2. The van der Waals surface area contributed by atoms with Crippen molar-refractivity contribution in [3.8, 4) is 11.5 Å². The average molecular weight is 465 g/mol. The number of nitrogens with zero attached hydrogens (tertiary/aromatic N) is 2. The van der Waals surface area contributed by atoms with Crippen LogP contribution < -0.4 is 4.74 Å². The number of phenols is 1. The van der Waals surface area contributed by atoms with Gasteiger partial charge in [-0.3, -0.25) is 9.59 Å². The van der Waals surface area contributed by atoms with E-state index in [4.69, 9.17) is 27.9 Å². The number of aromatic hydroxyl groups is 1. The molecule has 0 aromatic heterocycles. The van der Waals surface area contributed by atoms with Gasteiger partial charge in [-0.2, -0.15) is 0 Å². The first-order valence-electron chi connectivity index (χ1n) is 9.41. The standard InChI is InChI=1S/C22H22Cl2N2O5/c1-25(2)7-8-26-18(12-5-4-6-14(27)9-12)17(20(29)22(26)30)19(28)15-10-13(23)11-16(24)21(15)31-3/h4-6,9-11,18,27-28H,7-8H2,1-3H3/b19-17+. The zero-order valence-electron chi connectivity index (χ0n) is 17.2. The molecule has 3 rings (SSSR count). The van der Waals surface area contributed by atoms with Crippen LogP contribution in [0.25, 0.3) is 5.76 Å². The van der Waals surface area contributed by atoms with E-state index in [-0.39, 0.29) is 39.2 Å². The van der Waals surface area contributed by atoms with E-state index < -0.39 is 23.5 Å². The average Bonchev–Trinajstić information content (AvgIpc) is 2.95. The van der Waals surface area contributed by atoms with E-state index in [9.17, 15) is 19.8 Å². The number of ether oxygens (including phenoxy) is 1. The van der Waals surface area contributed by atoms with Crippen LogP contribution in [-0.2, 0) is 9.59 Å². The summed E-state index contributed by atoms with van der Waals surface area (Å²) in [4.78, 5) is 29.2. The highest BCUT2D eigenvalue weighted by molar-refractivity contribution is 6.46. The van der Waals surface area contributed by atoms with Crippen molar-refractivity contribution < 1.29 is 24.5 Å². The number of benzene rings is 2. The number of Topliss-reactive ketones (excluding diaryl/α,β-unsaturated/α-hetero) is 1. The molecule has 1 aliphatic rings. The van der Waals surface area contributed by atoms with Crippen molar-refractivity contribution in [1.29, 1.82) is 0 Å². The predicted octanol–water partition coefficient (Wildman–Crippen LogP) is 3.69. The maximum Gasteiger partial charge on any atom is 0.295 e. The third kappa shape index (κ3) is 4.49. The fourth-order valence-electron chi connectivity index (χ4n) is 3.55. The normalized spacial score (nSPS) is 18.1. The molecule has 1 unspecified atom stereocenters. The Morgan fingerprint density at radius 3 is 2.52 bits per heavy atom. The molecule has 0 aliphatic carbocycles. The van der Waals surface area contributed by atoms with Gasteiger partial charge in [-0.25, -0.2) is 0 Å². The third-order valence-electron chi connectivity index (χ3n) is 4.98. The maximum absolute atomic E-state index is 13.0. The van der Waals surface area contributed by atoms with E-state index in [0.29, 0.717) is 12.1 Å². The Labute approximate surface area is 190 Å². The van der Waals surface area contributed by atoms with Gasteiger partial charge < -0.3 is 24.7 Å². The number of hydrogen-bond acceptors (Lipinski definition) is 6. The second-order valence-electron chi connectivity index (χ2n) is 7.36. The lowest BCUT2D eigenvalue weighted by Gasteiger charge is -2.26. The van der Waals surface area contributed by atoms with E-state index in [0.717, 1.165) is 0 Å². The lowest BCUT2D eigenvalue weighted by atomic mass is 9.95. The van der Waals surface area contributed by atoms with Crippen LogP contribution in [-0.4, -0.2) is 66.0 Å². The topological polar surface area (TPSA) is 90.3 Å². The van der Waals surface area contributed by atoms with Crippen LogP contribution >= 0.6 is 23.2 Å². The van der Waals surface area contributed by atoms with E-state index in [2.05, 4.69) is 0 Å². The molecule has 2 aromatic carbocycles. The number of likely N-dealkylation sites (tertiary alicyclic amines) is 1. The summed E-state index contributed by atoms with van der Waals surface area (Å²) in [5.74, 6) is -1.95. The number of methoxy groups -OCH3 is 1. The fourth-order valence-corrected chi connectivity index (χ4v) is 4.12. The number of amides is 1. The van der Waals surface area contributed by atoms with Crippen LogP contribution in [0.3, 0.4) is 0 Å². The number of aliphatic hydroxyl groups is 1. The van der Waals surface area contributed by atoms with Crippen LogP contribution in [0.1, 0.15) is 17.2 Å². The lowest BCUT2D eigenvalue weighted by Crippen LogP contribution is -2.35. The molecule has 1 atom stereocenters. The molecule has 31 heavy (non-hydrogen) atoms. The number of aliphatic hydroxyl groups excluding tert-OH is 1. The number of carbonyl (C=O) groups is 2. The second-order valence-corrected chi connectivity index (χ2v) is 8.20. The summed E-state index contributed by atoms with van der Waals surface area (Å²) in [6.45, 7) is 0.733. The Balaban J connectivity index is 2.25. The number of carbonyl (C=O) groups excluding carboxylic acids is 2. The predicted molar refractivity (Wildman–Crippen MR) is 119 cm³/mol. The van der Waals surface area contributed by atoms with Crippen LogP contribution in [0.5, 0.6) is 11.5 Å². The van der Waals surface area contributed by atoms with Gasteiger partial charge in [0.1, 0.15) is 17.3 Å². The van der Waals surface area contributed by atoms with Crippen molar-refractivity contribution in [2.45, 2.75) is 6.04 Å². The van der Waals surface area contributed by atoms with Gasteiger partial charge in [-0.1, -0.05) is 35.3 Å². The van der Waals surface area contributed by atoms with Crippen molar-refractivity contribution in [2.24, 2.45) is 0 Å². The monoisotopic (exact) mass is 464 g/mol. The van der Waals surface area contributed by atoms with Gasteiger partial charge in [0, 0.05) is 18.1 Å². The first-order chi connectivity index (χ1) is 14.6. The first kappa shape index (κ1) is 22.9. The summed E-state index contributed by atoms with van der Waals surface area (Å²) in [7, 11) is 5.06. The highest BCUT2D eigenvalue weighted by Gasteiger charge is 2.46. The Kier molecular flexibility index (Phi) is 6.79. The summed E-state index contributed by atoms with van der Waals surface area (Å²) in [5.41, 5.74) is 0.438. The Hall–Kier alpha value is -2.74. The summed E-state index contributed by atoms with van der Waals surface area (Å²) >= 11 is 12.3. The maximum atomic E-state index is 13.0. The van der Waals surface area contributed by atoms with Crippen LogP contribution in [0, 0.1) is 0 Å². The number of rotatable bonds is 6. The fraction of sp³-hybridized carbons (Fsp3) is 0.273. The molecule has 1 heterocycles. The van der Waals surface area contributed by atoms with Gasteiger partial charge in [-0.05, 0) is 43.9 Å². The molecule has 0 spiro atoms. The van der Waals surface area contributed by atoms with Crippen molar-refractivity contribution in [2.75, 3.05) is 34.3 Å². The minimum absolute atomic E-state index is 0.0286. The van der Waals surface area contributed by atoms with Gasteiger partial charge in [-0.15, -0.1) is 0 Å². The van der Waals surface area contributed by atoms with E-state index in [1.165, 1.54) is 36.3 Å². The molecule has 1 aliphatic heterocycles. The smallest absolute Gasteiger partial charge is 0.295 e. The third-order valence-corrected chi connectivity index (χ3v) is 5.48. The molecule has 0 saturated carbocycles. The van der Waals surface area contributed by atoms with Crippen molar-refractivity contribution >= 4 is 40.7 Å². The quantitative estimate of drug-likeness (QED) is 0.384. The Bertz CT molecular complexity index is 1070. The number of halogens is 2. The van der Waals surface area contributed by atoms with Gasteiger partial charge in [0.25, 0.3) is 11.7 Å². The van der Waals surface area contributed by atoms with Crippen molar-refractivity contribution in [3.05, 3.63) is 63.1 Å². The van der Waals surface area contributed by atoms with Gasteiger partial charge in [0.15, 0.2) is 0 Å². The minimum Gasteiger partial charge on any atom is -0.508 e. The van der Waals surface area contributed by atoms with Crippen molar-refractivity contribution in [3.63, 3.8) is 0 Å². The molecule has 2 aromatic rings. The molecule has 2 N–H and O–H groups in total. The van der Waals surface area contributed by atoms with Crippen LogP contribution in [0.15, 0.2) is 42.0 Å². The van der Waals surface area contributed by atoms with Crippen molar-refractivity contribution in [1.82, 2.24) is 9.80 Å². The second kappa shape index (κ2) is 9.18. The molecule has 1 fully saturated rings. The lowest BCUT2D eigenvalue weighted by molar-refractivity contribution is -0.140. The molecule has 0 bridgehead atoms.